The van der Waals surface area contributed by atoms with Gasteiger partial charge >= 0.3 is 6.09 Å². The van der Waals surface area contributed by atoms with Gasteiger partial charge in [-0.05, 0) is 36.3 Å². The van der Waals surface area contributed by atoms with Crippen LogP contribution in [0.2, 0.25) is 0 Å². The van der Waals surface area contributed by atoms with Crippen LogP contribution in [0.1, 0.15) is 36.1 Å². The molecule has 0 bridgehead atoms. The Labute approximate surface area is 99.8 Å². The van der Waals surface area contributed by atoms with Crippen LogP contribution < -0.4 is 5.32 Å². The number of fused-ring (bicyclic) bond motifs is 1. The number of ether oxygens (including phenoxy) is 1. The average molecular weight is 239 g/mol. The van der Waals surface area contributed by atoms with Gasteiger partial charge in [-0.3, -0.25) is 0 Å². The van der Waals surface area contributed by atoms with E-state index in [1.807, 2.05) is 18.3 Å². The van der Waals surface area contributed by atoms with Gasteiger partial charge in [-0.1, -0.05) is 6.92 Å². The van der Waals surface area contributed by atoms with Crippen molar-refractivity contribution in [2.75, 3.05) is 13.2 Å². The van der Waals surface area contributed by atoms with Crippen LogP contribution in [0.3, 0.4) is 0 Å². The summed E-state index contributed by atoms with van der Waals surface area (Å²) < 4.78 is 4.97. The van der Waals surface area contributed by atoms with E-state index in [0.29, 0.717) is 19.1 Å². The normalized spacial score (nSPS) is 18.2. The lowest BCUT2D eigenvalue weighted by molar-refractivity contribution is 0.145. The lowest BCUT2D eigenvalue weighted by atomic mass is 10.0. The zero-order valence-corrected chi connectivity index (χ0v) is 10.3. The third-order valence-corrected chi connectivity index (χ3v) is 3.87. The molecule has 1 amide bonds. The predicted molar refractivity (Wildman–Crippen MR) is 65.0 cm³/mol. The Bertz CT molecular complexity index is 362. The van der Waals surface area contributed by atoms with Crippen molar-refractivity contribution < 1.29 is 9.53 Å². The topological polar surface area (TPSA) is 38.3 Å². The highest BCUT2D eigenvalue weighted by atomic mass is 32.1. The molecule has 1 aromatic rings. The van der Waals surface area contributed by atoms with E-state index in [2.05, 4.69) is 16.8 Å². The second-order valence-electron chi connectivity index (χ2n) is 4.05. The summed E-state index contributed by atoms with van der Waals surface area (Å²) in [6.45, 7) is 3.19. The van der Waals surface area contributed by atoms with Crippen molar-refractivity contribution in [2.24, 2.45) is 0 Å². The first-order chi connectivity index (χ1) is 7.81. The molecule has 0 aliphatic heterocycles. The molecule has 4 heteroatoms. The monoisotopic (exact) mass is 239 g/mol. The summed E-state index contributed by atoms with van der Waals surface area (Å²) in [5.74, 6) is 0.482. The van der Waals surface area contributed by atoms with Crippen LogP contribution in [-0.2, 0) is 11.2 Å². The summed E-state index contributed by atoms with van der Waals surface area (Å²) in [7, 11) is 0. The number of alkyl carbamates (subject to hydrolysis) is 1. The molecule has 0 saturated heterocycles. The summed E-state index contributed by atoms with van der Waals surface area (Å²) in [5, 5.41) is 4.96. The van der Waals surface area contributed by atoms with Gasteiger partial charge < -0.3 is 10.1 Å². The van der Waals surface area contributed by atoms with E-state index in [0.717, 1.165) is 19.3 Å². The SMILES string of the molecule is CCCOC(=O)NCC1CCc2sccc21. The number of hydrogen-bond acceptors (Lipinski definition) is 3. The quantitative estimate of drug-likeness (QED) is 0.877. The Morgan fingerprint density at radius 1 is 1.69 bits per heavy atom. The van der Waals surface area contributed by atoms with E-state index >= 15 is 0 Å². The van der Waals surface area contributed by atoms with Crippen LogP contribution in [0.25, 0.3) is 0 Å². The maximum Gasteiger partial charge on any atom is 0.407 e. The van der Waals surface area contributed by atoms with Gasteiger partial charge in [0.1, 0.15) is 0 Å². The van der Waals surface area contributed by atoms with Gasteiger partial charge in [-0.15, -0.1) is 11.3 Å². The standard InChI is InChI=1S/C12H17NO2S/c1-2-6-15-12(14)13-8-9-3-4-11-10(9)5-7-16-11/h5,7,9H,2-4,6,8H2,1H3,(H,13,14). The molecule has 1 aromatic heterocycles. The van der Waals surface area contributed by atoms with Crippen LogP contribution >= 0.6 is 11.3 Å². The van der Waals surface area contributed by atoms with E-state index in [4.69, 9.17) is 4.74 Å². The summed E-state index contributed by atoms with van der Waals surface area (Å²) in [4.78, 5) is 12.8. The van der Waals surface area contributed by atoms with Gasteiger partial charge in [0.15, 0.2) is 0 Å². The van der Waals surface area contributed by atoms with E-state index in [-0.39, 0.29) is 6.09 Å². The number of carbonyl (C=O) groups is 1. The Balaban J connectivity index is 1.77. The van der Waals surface area contributed by atoms with Crippen molar-refractivity contribution in [3.8, 4) is 0 Å². The number of nitrogens with one attached hydrogen (secondary N) is 1. The summed E-state index contributed by atoms with van der Waals surface area (Å²) in [6.07, 6.45) is 2.89. The molecule has 1 heterocycles. The largest absolute Gasteiger partial charge is 0.450 e. The first-order valence-corrected chi connectivity index (χ1v) is 6.66. The highest BCUT2D eigenvalue weighted by molar-refractivity contribution is 7.10. The van der Waals surface area contributed by atoms with Crippen molar-refractivity contribution >= 4 is 17.4 Å². The van der Waals surface area contributed by atoms with Gasteiger partial charge in [0.2, 0.25) is 0 Å². The fraction of sp³-hybridized carbons (Fsp3) is 0.583. The highest BCUT2D eigenvalue weighted by Crippen LogP contribution is 2.35. The maximum absolute atomic E-state index is 11.3. The molecular weight excluding hydrogens is 222 g/mol. The predicted octanol–water partition coefficient (Wildman–Crippen LogP) is 2.91. The fourth-order valence-corrected chi connectivity index (χ4v) is 3.03. The molecule has 0 fully saturated rings. The molecule has 16 heavy (non-hydrogen) atoms. The van der Waals surface area contributed by atoms with Gasteiger partial charge in [0, 0.05) is 17.3 Å². The fourth-order valence-electron chi connectivity index (χ4n) is 2.04. The van der Waals surface area contributed by atoms with Crippen LogP contribution in [0.5, 0.6) is 0 Å². The van der Waals surface area contributed by atoms with E-state index in [1.54, 1.807) is 0 Å². The van der Waals surface area contributed by atoms with Gasteiger partial charge in [0.25, 0.3) is 0 Å². The Morgan fingerprint density at radius 3 is 3.38 bits per heavy atom. The number of hydrogen-bond donors (Lipinski definition) is 1. The first kappa shape index (κ1) is 11.5. The molecule has 0 radical (unpaired) electrons. The van der Waals surface area contributed by atoms with Crippen molar-refractivity contribution in [2.45, 2.75) is 32.1 Å². The highest BCUT2D eigenvalue weighted by Gasteiger charge is 2.23. The second-order valence-corrected chi connectivity index (χ2v) is 5.05. The smallest absolute Gasteiger partial charge is 0.407 e. The van der Waals surface area contributed by atoms with E-state index in [9.17, 15) is 4.79 Å². The Kier molecular flexibility index (Phi) is 3.83. The van der Waals surface area contributed by atoms with E-state index in [1.165, 1.54) is 10.4 Å². The molecule has 1 aliphatic carbocycles. The number of aryl methyl sites for hydroxylation is 1. The molecule has 2 rings (SSSR count). The Morgan fingerprint density at radius 2 is 2.56 bits per heavy atom. The summed E-state index contributed by atoms with van der Waals surface area (Å²) >= 11 is 1.82. The van der Waals surface area contributed by atoms with Gasteiger partial charge in [-0.25, -0.2) is 4.79 Å². The molecule has 1 unspecified atom stereocenters. The van der Waals surface area contributed by atoms with Crippen LogP contribution in [0.15, 0.2) is 11.4 Å². The molecule has 3 nitrogen and oxygen atoms in total. The number of carbonyl (C=O) groups excluding carboxylic acids is 1. The molecule has 1 atom stereocenters. The third-order valence-electron chi connectivity index (χ3n) is 2.87. The minimum absolute atomic E-state index is 0.287. The molecule has 0 spiro atoms. The van der Waals surface area contributed by atoms with Gasteiger partial charge in [0.05, 0.1) is 6.61 Å². The second kappa shape index (κ2) is 5.34. The molecular formula is C12H17NO2S. The minimum Gasteiger partial charge on any atom is -0.450 e. The third kappa shape index (κ3) is 2.55. The van der Waals surface area contributed by atoms with Gasteiger partial charge in [-0.2, -0.15) is 0 Å². The lowest BCUT2D eigenvalue weighted by Gasteiger charge is -2.11. The first-order valence-electron chi connectivity index (χ1n) is 5.78. The summed E-state index contributed by atoms with van der Waals surface area (Å²) in [5.41, 5.74) is 1.42. The molecule has 0 saturated carbocycles. The average Bonchev–Trinajstić information content (AvgIpc) is 2.86. The van der Waals surface area contributed by atoms with Crippen LogP contribution in [0.4, 0.5) is 4.79 Å². The number of rotatable bonds is 4. The summed E-state index contributed by atoms with van der Waals surface area (Å²) in [6, 6.07) is 2.18. The molecule has 88 valence electrons. The van der Waals surface area contributed by atoms with Crippen molar-refractivity contribution in [3.05, 3.63) is 21.9 Å². The molecule has 1 N–H and O–H groups in total. The van der Waals surface area contributed by atoms with Crippen molar-refractivity contribution in [1.29, 1.82) is 0 Å². The van der Waals surface area contributed by atoms with Crippen molar-refractivity contribution in [3.63, 3.8) is 0 Å². The number of thiophene rings is 1. The zero-order chi connectivity index (χ0) is 11.4. The van der Waals surface area contributed by atoms with E-state index < -0.39 is 0 Å². The molecule has 0 aromatic carbocycles. The molecule has 1 aliphatic rings. The lowest BCUT2D eigenvalue weighted by Crippen LogP contribution is -2.28. The van der Waals surface area contributed by atoms with Crippen molar-refractivity contribution in [1.82, 2.24) is 5.32 Å². The zero-order valence-electron chi connectivity index (χ0n) is 9.49. The van der Waals surface area contributed by atoms with Crippen LogP contribution in [0, 0.1) is 0 Å². The minimum atomic E-state index is -0.287. The maximum atomic E-state index is 11.3. The number of amides is 1. The Hall–Kier alpha value is -1.03. The van der Waals surface area contributed by atoms with Crippen LogP contribution in [-0.4, -0.2) is 19.2 Å².